The average molecular weight is 313 g/mol. The summed E-state index contributed by atoms with van der Waals surface area (Å²) in [7, 11) is 1.31. The molecule has 0 spiro atoms. The summed E-state index contributed by atoms with van der Waals surface area (Å²) >= 11 is 1.24. The van der Waals surface area contributed by atoms with E-state index in [0.29, 0.717) is 29.6 Å². The summed E-state index contributed by atoms with van der Waals surface area (Å²) in [5.41, 5.74) is -0.0547. The molecule has 21 heavy (non-hydrogen) atoms. The normalized spacial score (nSPS) is 14.4. The molecule has 2 rings (SSSR count). The van der Waals surface area contributed by atoms with E-state index in [9.17, 15) is 14.9 Å². The van der Waals surface area contributed by atoms with Gasteiger partial charge in [-0.1, -0.05) is 6.92 Å². The van der Waals surface area contributed by atoms with Crippen LogP contribution in [0.15, 0.2) is 17.0 Å². The van der Waals surface area contributed by atoms with Gasteiger partial charge in [-0.3, -0.25) is 14.9 Å². The number of nitrogens with zero attached hydrogens (tertiary/aromatic N) is 1. The first-order valence-corrected chi connectivity index (χ1v) is 7.20. The minimum Gasteiger partial charge on any atom is -0.486 e. The van der Waals surface area contributed by atoms with Gasteiger partial charge in [0.05, 0.1) is 29.4 Å². The van der Waals surface area contributed by atoms with E-state index in [4.69, 9.17) is 9.47 Å². The number of esters is 1. The maximum Gasteiger partial charge on any atom is 0.306 e. The number of benzene rings is 1. The van der Waals surface area contributed by atoms with Gasteiger partial charge in [-0.15, -0.1) is 11.8 Å². The lowest BCUT2D eigenvalue weighted by molar-refractivity contribution is -0.387. The highest BCUT2D eigenvalue weighted by atomic mass is 32.2. The Bertz CT molecular complexity index is 562. The first-order chi connectivity index (χ1) is 10.0. The van der Waals surface area contributed by atoms with Gasteiger partial charge in [-0.2, -0.15) is 0 Å². The van der Waals surface area contributed by atoms with Crippen LogP contribution in [0.25, 0.3) is 0 Å². The van der Waals surface area contributed by atoms with Crippen LogP contribution in [-0.2, 0) is 9.53 Å². The van der Waals surface area contributed by atoms with Crippen molar-refractivity contribution in [3.8, 4) is 11.5 Å². The molecule has 0 saturated carbocycles. The number of hydrogen-bond donors (Lipinski definition) is 0. The second kappa shape index (κ2) is 6.66. The van der Waals surface area contributed by atoms with Crippen molar-refractivity contribution in [2.45, 2.75) is 23.5 Å². The number of fused-ring (bicyclic) bond motifs is 1. The number of nitro groups is 1. The molecule has 1 aliphatic heterocycles. The van der Waals surface area contributed by atoms with Gasteiger partial charge in [0.25, 0.3) is 5.69 Å². The third-order valence-corrected chi connectivity index (χ3v) is 3.98. The van der Waals surface area contributed by atoms with Crippen LogP contribution in [0.4, 0.5) is 5.69 Å². The summed E-state index contributed by atoms with van der Waals surface area (Å²) in [6.07, 6.45) is 0.173. The minimum absolute atomic E-state index is 0.0547. The van der Waals surface area contributed by atoms with E-state index in [1.54, 1.807) is 6.07 Å². The van der Waals surface area contributed by atoms with Crippen LogP contribution >= 0.6 is 11.8 Å². The molecule has 1 heterocycles. The molecule has 1 aromatic rings. The van der Waals surface area contributed by atoms with Crippen LogP contribution in [-0.4, -0.2) is 36.5 Å². The van der Waals surface area contributed by atoms with Crippen LogP contribution in [0.3, 0.4) is 0 Å². The lowest BCUT2D eigenvalue weighted by Crippen LogP contribution is -2.16. The van der Waals surface area contributed by atoms with Crippen molar-refractivity contribution in [1.29, 1.82) is 0 Å². The zero-order valence-electron chi connectivity index (χ0n) is 11.7. The summed E-state index contributed by atoms with van der Waals surface area (Å²) in [5, 5.41) is 11.0. The van der Waals surface area contributed by atoms with Gasteiger partial charge in [-0.05, 0) is 0 Å². The molecule has 0 radical (unpaired) electrons. The van der Waals surface area contributed by atoms with Crippen LogP contribution < -0.4 is 9.47 Å². The smallest absolute Gasteiger partial charge is 0.306 e. The lowest BCUT2D eigenvalue weighted by Gasteiger charge is -2.19. The SMILES string of the molecule is COC(=O)CC(C)Sc1cc2c(cc1[N+](=O)[O-])OCCO2. The number of ether oxygens (including phenoxy) is 3. The topological polar surface area (TPSA) is 87.9 Å². The van der Waals surface area contributed by atoms with E-state index in [2.05, 4.69) is 4.74 Å². The van der Waals surface area contributed by atoms with E-state index in [0.717, 1.165) is 0 Å². The van der Waals surface area contributed by atoms with Crippen molar-refractivity contribution in [3.05, 3.63) is 22.2 Å². The molecule has 1 aliphatic rings. The Hall–Kier alpha value is -1.96. The summed E-state index contributed by atoms with van der Waals surface area (Å²) in [6, 6.07) is 2.95. The van der Waals surface area contributed by atoms with Gasteiger partial charge in [0.1, 0.15) is 13.2 Å². The number of rotatable bonds is 5. The molecule has 0 amide bonds. The predicted octanol–water partition coefficient (Wildman–Crippen LogP) is 2.41. The first-order valence-electron chi connectivity index (χ1n) is 6.32. The summed E-state index contributed by atoms with van der Waals surface area (Å²) in [6.45, 7) is 2.59. The zero-order chi connectivity index (χ0) is 15.4. The van der Waals surface area contributed by atoms with E-state index < -0.39 is 4.92 Å². The standard InChI is InChI=1S/C13H15NO6S/c1-8(5-13(15)18-2)21-12-7-11-10(19-3-4-20-11)6-9(12)14(16)17/h6-8H,3-5H2,1-2H3. The van der Waals surface area contributed by atoms with Crippen LogP contribution in [0, 0.1) is 10.1 Å². The van der Waals surface area contributed by atoms with E-state index in [1.807, 2.05) is 6.92 Å². The van der Waals surface area contributed by atoms with Gasteiger partial charge in [-0.25, -0.2) is 0 Å². The quantitative estimate of drug-likeness (QED) is 0.357. The van der Waals surface area contributed by atoms with Crippen molar-refractivity contribution >= 4 is 23.4 Å². The molecule has 7 nitrogen and oxygen atoms in total. The molecular weight excluding hydrogens is 298 g/mol. The molecular formula is C13H15NO6S. The molecule has 0 saturated heterocycles. The minimum atomic E-state index is -0.467. The van der Waals surface area contributed by atoms with Crippen LogP contribution in [0.1, 0.15) is 13.3 Å². The molecule has 0 N–H and O–H groups in total. The third-order valence-electron chi connectivity index (χ3n) is 2.83. The Kier molecular flexibility index (Phi) is 4.89. The molecule has 1 unspecified atom stereocenters. The Balaban J connectivity index is 2.24. The molecule has 0 aromatic heterocycles. The predicted molar refractivity (Wildman–Crippen MR) is 76.0 cm³/mol. The monoisotopic (exact) mass is 313 g/mol. The maximum atomic E-state index is 11.2. The Morgan fingerprint density at radius 2 is 2.05 bits per heavy atom. The van der Waals surface area contributed by atoms with E-state index in [-0.39, 0.29) is 23.3 Å². The number of thioether (sulfide) groups is 1. The first kappa shape index (κ1) is 15.4. The largest absolute Gasteiger partial charge is 0.486 e. The number of nitro benzene ring substituents is 1. The van der Waals surface area contributed by atoms with Crippen molar-refractivity contribution in [2.75, 3.05) is 20.3 Å². The Morgan fingerprint density at radius 3 is 2.62 bits per heavy atom. The summed E-state index contributed by atoms with van der Waals surface area (Å²) in [5.74, 6) is 0.507. The van der Waals surface area contributed by atoms with Crippen LogP contribution in [0.5, 0.6) is 11.5 Å². The average Bonchev–Trinajstić information content (AvgIpc) is 2.46. The Labute approximate surface area is 125 Å². The number of carbonyl (C=O) groups excluding carboxylic acids is 1. The third kappa shape index (κ3) is 3.78. The second-order valence-electron chi connectivity index (χ2n) is 4.43. The van der Waals surface area contributed by atoms with Gasteiger partial charge in [0, 0.05) is 11.3 Å². The van der Waals surface area contributed by atoms with Gasteiger partial charge >= 0.3 is 5.97 Å². The molecule has 0 bridgehead atoms. The second-order valence-corrected chi connectivity index (χ2v) is 5.91. The van der Waals surface area contributed by atoms with E-state index in [1.165, 1.54) is 24.9 Å². The number of carbonyl (C=O) groups is 1. The number of hydrogen-bond acceptors (Lipinski definition) is 7. The summed E-state index contributed by atoms with van der Waals surface area (Å²) in [4.78, 5) is 22.4. The highest BCUT2D eigenvalue weighted by Crippen LogP contribution is 2.42. The molecule has 1 atom stereocenters. The summed E-state index contributed by atoms with van der Waals surface area (Å²) < 4.78 is 15.4. The molecule has 0 aliphatic carbocycles. The maximum absolute atomic E-state index is 11.2. The van der Waals surface area contributed by atoms with Gasteiger partial charge in [0.2, 0.25) is 0 Å². The Morgan fingerprint density at radius 1 is 1.43 bits per heavy atom. The number of methoxy groups -OCH3 is 1. The fourth-order valence-corrected chi connectivity index (χ4v) is 2.96. The lowest BCUT2D eigenvalue weighted by atomic mass is 10.2. The van der Waals surface area contributed by atoms with E-state index >= 15 is 0 Å². The van der Waals surface area contributed by atoms with Gasteiger partial charge in [0.15, 0.2) is 11.5 Å². The van der Waals surface area contributed by atoms with Crippen LogP contribution in [0.2, 0.25) is 0 Å². The molecule has 8 heteroatoms. The van der Waals surface area contributed by atoms with Crippen molar-refractivity contribution in [3.63, 3.8) is 0 Å². The highest BCUT2D eigenvalue weighted by molar-refractivity contribution is 8.00. The van der Waals surface area contributed by atoms with Crippen molar-refractivity contribution in [2.24, 2.45) is 0 Å². The fraction of sp³-hybridized carbons (Fsp3) is 0.462. The highest BCUT2D eigenvalue weighted by Gasteiger charge is 2.24. The molecule has 114 valence electrons. The molecule has 1 aromatic carbocycles. The molecule has 0 fully saturated rings. The van der Waals surface area contributed by atoms with Gasteiger partial charge < -0.3 is 14.2 Å². The van der Waals surface area contributed by atoms with Crippen molar-refractivity contribution in [1.82, 2.24) is 0 Å². The van der Waals surface area contributed by atoms with Crippen molar-refractivity contribution < 1.29 is 23.9 Å². The zero-order valence-corrected chi connectivity index (χ0v) is 12.5. The fourth-order valence-electron chi connectivity index (χ4n) is 1.87.